The Morgan fingerprint density at radius 3 is 2.75 bits per heavy atom. The van der Waals surface area contributed by atoms with Crippen LogP contribution in [0.5, 0.6) is 0 Å². The number of nitrogens with one attached hydrogen (secondary N) is 1. The Kier molecular flexibility index (Phi) is 4.57. The van der Waals surface area contributed by atoms with E-state index in [0.29, 0.717) is 17.3 Å². The molecule has 0 atom stereocenters. The Hall–Kier alpha value is -2.74. The summed E-state index contributed by atoms with van der Waals surface area (Å²) in [5.41, 5.74) is 1.59. The fourth-order valence-electron chi connectivity index (χ4n) is 2.09. The highest BCUT2D eigenvalue weighted by Crippen LogP contribution is 2.13. The van der Waals surface area contributed by atoms with Crippen LogP contribution in [0.1, 0.15) is 11.3 Å². The van der Waals surface area contributed by atoms with E-state index >= 15 is 0 Å². The molecule has 9 heteroatoms. The van der Waals surface area contributed by atoms with Crippen molar-refractivity contribution in [2.75, 3.05) is 5.32 Å². The molecule has 3 rings (SSSR count). The van der Waals surface area contributed by atoms with E-state index in [1.54, 1.807) is 23.7 Å². The predicted molar refractivity (Wildman–Crippen MR) is 86.1 cm³/mol. The number of halogens is 2. The molecule has 0 unspecified atom stereocenters. The molecule has 1 aromatic carbocycles. The first kappa shape index (κ1) is 16.1. The number of aromatic nitrogens is 5. The summed E-state index contributed by atoms with van der Waals surface area (Å²) < 4.78 is 15.9. The van der Waals surface area contributed by atoms with Crippen LogP contribution < -0.4 is 5.32 Å². The van der Waals surface area contributed by atoms with Crippen LogP contribution in [0.4, 0.5) is 10.3 Å². The van der Waals surface area contributed by atoms with Gasteiger partial charge in [0.05, 0.1) is 23.5 Å². The van der Waals surface area contributed by atoms with Crippen LogP contribution in [-0.4, -0.2) is 30.5 Å². The molecule has 24 heavy (non-hydrogen) atoms. The smallest absolute Gasteiger partial charge is 0.248 e. The lowest BCUT2D eigenvalue weighted by atomic mass is 10.2. The van der Waals surface area contributed by atoms with Gasteiger partial charge in [0.15, 0.2) is 0 Å². The van der Waals surface area contributed by atoms with E-state index in [4.69, 9.17) is 11.6 Å². The Balaban J connectivity index is 1.60. The molecular weight excluding hydrogens is 335 g/mol. The van der Waals surface area contributed by atoms with E-state index in [9.17, 15) is 9.18 Å². The number of hydrogen-bond donors (Lipinski definition) is 1. The van der Waals surface area contributed by atoms with Crippen LogP contribution >= 0.6 is 11.6 Å². The quantitative estimate of drug-likeness (QED) is 0.767. The second-order valence-corrected chi connectivity index (χ2v) is 5.58. The molecule has 0 aliphatic carbocycles. The van der Waals surface area contributed by atoms with Gasteiger partial charge in [-0.1, -0.05) is 23.7 Å². The molecule has 0 aliphatic heterocycles. The zero-order chi connectivity index (χ0) is 17.1. The van der Waals surface area contributed by atoms with Crippen LogP contribution in [0.25, 0.3) is 0 Å². The fraction of sp³-hybridized carbons (Fsp3) is 0.200. The SMILES string of the molecule is Cc1c(Cl)cnn1CC(=O)Nc1ncn(Cc2ccc(F)cc2)n1. The second kappa shape index (κ2) is 6.79. The highest BCUT2D eigenvalue weighted by molar-refractivity contribution is 6.31. The number of carbonyl (C=O) groups excluding carboxylic acids is 1. The molecule has 0 saturated carbocycles. The van der Waals surface area contributed by atoms with Crippen molar-refractivity contribution in [1.29, 1.82) is 0 Å². The maximum atomic E-state index is 12.9. The Labute approximate surface area is 142 Å². The molecule has 0 spiro atoms. The molecule has 0 aliphatic rings. The zero-order valence-corrected chi connectivity index (χ0v) is 13.5. The van der Waals surface area contributed by atoms with Gasteiger partial charge in [0.2, 0.25) is 11.9 Å². The first-order valence-corrected chi connectivity index (χ1v) is 7.51. The van der Waals surface area contributed by atoms with Gasteiger partial charge in [0, 0.05) is 0 Å². The topological polar surface area (TPSA) is 77.6 Å². The van der Waals surface area contributed by atoms with Crippen LogP contribution in [0.3, 0.4) is 0 Å². The molecule has 7 nitrogen and oxygen atoms in total. The van der Waals surface area contributed by atoms with Crippen molar-refractivity contribution >= 4 is 23.5 Å². The lowest BCUT2D eigenvalue weighted by molar-refractivity contribution is -0.117. The third-order valence-corrected chi connectivity index (χ3v) is 3.75. The minimum absolute atomic E-state index is 0.0189. The van der Waals surface area contributed by atoms with Gasteiger partial charge in [-0.15, -0.1) is 5.10 Å². The highest BCUT2D eigenvalue weighted by Gasteiger charge is 2.11. The second-order valence-electron chi connectivity index (χ2n) is 5.18. The molecule has 124 valence electrons. The van der Waals surface area contributed by atoms with Gasteiger partial charge in [0.1, 0.15) is 18.7 Å². The molecule has 3 aromatic rings. The van der Waals surface area contributed by atoms with Crippen molar-refractivity contribution in [3.63, 3.8) is 0 Å². The van der Waals surface area contributed by atoms with Gasteiger partial charge in [-0.05, 0) is 24.6 Å². The Morgan fingerprint density at radius 1 is 1.33 bits per heavy atom. The first-order valence-electron chi connectivity index (χ1n) is 7.13. The summed E-state index contributed by atoms with van der Waals surface area (Å²) in [4.78, 5) is 16.0. The number of nitrogens with zero attached hydrogens (tertiary/aromatic N) is 5. The van der Waals surface area contributed by atoms with Crippen molar-refractivity contribution in [3.05, 3.63) is 58.9 Å². The van der Waals surface area contributed by atoms with Crippen LogP contribution in [0, 0.1) is 12.7 Å². The number of rotatable bonds is 5. The average molecular weight is 349 g/mol. The summed E-state index contributed by atoms with van der Waals surface area (Å²) in [7, 11) is 0. The molecule has 1 N–H and O–H groups in total. The number of anilines is 1. The maximum Gasteiger partial charge on any atom is 0.248 e. The molecule has 2 heterocycles. The van der Waals surface area contributed by atoms with Crippen molar-refractivity contribution in [1.82, 2.24) is 24.5 Å². The summed E-state index contributed by atoms with van der Waals surface area (Å²) in [6.45, 7) is 2.22. The van der Waals surface area contributed by atoms with Gasteiger partial charge in [-0.25, -0.2) is 14.1 Å². The van der Waals surface area contributed by atoms with Crippen molar-refractivity contribution < 1.29 is 9.18 Å². The molecular formula is C15H14ClFN6O. The predicted octanol–water partition coefficient (Wildman–Crippen LogP) is 2.26. The standard InChI is InChI=1S/C15H14ClFN6O/c1-10-13(16)6-19-23(10)8-14(24)20-15-18-9-22(21-15)7-11-2-4-12(17)5-3-11/h2-6,9H,7-8H2,1H3,(H,20,21,24). The largest absolute Gasteiger partial charge is 0.292 e. The molecule has 0 radical (unpaired) electrons. The van der Waals surface area contributed by atoms with E-state index in [0.717, 1.165) is 5.56 Å². The Bertz CT molecular complexity index is 857. The number of benzene rings is 1. The molecule has 0 fully saturated rings. The number of carbonyl (C=O) groups is 1. The van der Waals surface area contributed by atoms with Crippen molar-refractivity contribution in [2.45, 2.75) is 20.0 Å². The maximum absolute atomic E-state index is 12.9. The normalized spacial score (nSPS) is 10.8. The van der Waals surface area contributed by atoms with E-state index in [1.165, 1.54) is 29.3 Å². The number of amides is 1. The van der Waals surface area contributed by atoms with Gasteiger partial charge in [-0.3, -0.25) is 14.8 Å². The van der Waals surface area contributed by atoms with Crippen LogP contribution in [0.2, 0.25) is 5.02 Å². The molecule has 1 amide bonds. The third kappa shape index (κ3) is 3.77. The van der Waals surface area contributed by atoms with Crippen LogP contribution in [-0.2, 0) is 17.9 Å². The summed E-state index contributed by atoms with van der Waals surface area (Å²) in [5, 5.41) is 11.3. The van der Waals surface area contributed by atoms with E-state index < -0.39 is 0 Å². The third-order valence-electron chi connectivity index (χ3n) is 3.38. The summed E-state index contributed by atoms with van der Waals surface area (Å²) in [6, 6.07) is 6.10. The van der Waals surface area contributed by atoms with Gasteiger partial charge >= 0.3 is 0 Å². The van der Waals surface area contributed by atoms with Gasteiger partial charge in [-0.2, -0.15) is 5.10 Å². The Morgan fingerprint density at radius 2 is 2.08 bits per heavy atom. The monoisotopic (exact) mass is 348 g/mol. The zero-order valence-electron chi connectivity index (χ0n) is 12.8. The van der Waals surface area contributed by atoms with Gasteiger partial charge in [0.25, 0.3) is 0 Å². The first-order chi connectivity index (χ1) is 11.5. The minimum atomic E-state index is -0.308. The average Bonchev–Trinajstić information content (AvgIpc) is 3.11. The van der Waals surface area contributed by atoms with E-state index in [1.807, 2.05) is 0 Å². The lowest BCUT2D eigenvalue weighted by Crippen LogP contribution is -2.21. The van der Waals surface area contributed by atoms with Gasteiger partial charge < -0.3 is 0 Å². The van der Waals surface area contributed by atoms with E-state index in [-0.39, 0.29) is 24.2 Å². The molecule has 0 bridgehead atoms. The van der Waals surface area contributed by atoms with Crippen molar-refractivity contribution in [3.8, 4) is 0 Å². The summed E-state index contributed by atoms with van der Waals surface area (Å²) in [5.74, 6) is -0.408. The highest BCUT2D eigenvalue weighted by atomic mass is 35.5. The number of hydrogen-bond acceptors (Lipinski definition) is 4. The molecule has 2 aromatic heterocycles. The molecule has 0 saturated heterocycles. The van der Waals surface area contributed by atoms with Crippen molar-refractivity contribution in [2.24, 2.45) is 0 Å². The summed E-state index contributed by atoms with van der Waals surface area (Å²) in [6.07, 6.45) is 2.98. The van der Waals surface area contributed by atoms with E-state index in [2.05, 4.69) is 20.5 Å². The summed E-state index contributed by atoms with van der Waals surface area (Å²) >= 11 is 5.90. The van der Waals surface area contributed by atoms with Crippen LogP contribution in [0.15, 0.2) is 36.8 Å². The minimum Gasteiger partial charge on any atom is -0.292 e. The lowest BCUT2D eigenvalue weighted by Gasteiger charge is -2.04. The fourth-order valence-corrected chi connectivity index (χ4v) is 2.23.